The van der Waals surface area contributed by atoms with E-state index in [4.69, 9.17) is 4.98 Å². The molecule has 35 heavy (non-hydrogen) atoms. The van der Waals surface area contributed by atoms with Gasteiger partial charge in [0.05, 0.1) is 27.1 Å². The Bertz CT molecular complexity index is 1530. The predicted molar refractivity (Wildman–Crippen MR) is 141 cm³/mol. The number of aromatic amines is 1. The zero-order valence-electron chi connectivity index (χ0n) is 20.1. The first-order chi connectivity index (χ1) is 16.9. The molecular formula is C26H28N6O2S. The number of nitrogens with one attached hydrogen (secondary N) is 1. The molecule has 8 nitrogen and oxygen atoms in total. The van der Waals surface area contributed by atoms with Gasteiger partial charge in [-0.25, -0.2) is 14.8 Å². The number of aromatic nitrogens is 5. The Balaban J connectivity index is 1.65. The Morgan fingerprint density at radius 2 is 1.89 bits per heavy atom. The van der Waals surface area contributed by atoms with Crippen LogP contribution in [0, 0.1) is 5.92 Å². The first-order valence-corrected chi connectivity index (χ1v) is 13.0. The van der Waals surface area contributed by atoms with Crippen LogP contribution in [0.25, 0.3) is 33.2 Å². The van der Waals surface area contributed by atoms with Crippen molar-refractivity contribution in [2.75, 3.05) is 19.3 Å². The number of fused-ring (bicyclic) bond motifs is 3. The van der Waals surface area contributed by atoms with Gasteiger partial charge in [0.25, 0.3) is 5.56 Å². The molecule has 1 aliphatic heterocycles. The van der Waals surface area contributed by atoms with Crippen LogP contribution in [0.1, 0.15) is 32.7 Å². The standard InChI is InChI=1S/C26H28N6O2S/c1-15(2)16(3)31-11-9-18(10-12-31)32-24-19(25(33)30-26(32)34)14-27-21-7-6-20(29-23(21)24)17-5-8-22(35-4)28-13-17/h5-8,13-15,18H,3,9-12H2,1-2,4H3,(H,30,33,34). The van der Waals surface area contributed by atoms with Crippen LogP contribution in [0.2, 0.25) is 0 Å². The Hall–Kier alpha value is -3.46. The third kappa shape index (κ3) is 4.25. The molecule has 0 amide bonds. The average molecular weight is 489 g/mol. The number of rotatable bonds is 5. The minimum Gasteiger partial charge on any atom is -0.375 e. The molecule has 5 heterocycles. The van der Waals surface area contributed by atoms with Crippen molar-refractivity contribution in [3.05, 3.63) is 69.8 Å². The topological polar surface area (TPSA) is 96.8 Å². The third-order valence-electron chi connectivity index (χ3n) is 6.75. The molecule has 5 rings (SSSR count). The summed E-state index contributed by atoms with van der Waals surface area (Å²) in [6, 6.07) is 7.64. The predicted octanol–water partition coefficient (Wildman–Crippen LogP) is 4.22. The molecule has 1 N–H and O–H groups in total. The molecule has 0 aromatic carbocycles. The summed E-state index contributed by atoms with van der Waals surface area (Å²) in [5.41, 5.74) is 3.57. The highest BCUT2D eigenvalue weighted by Crippen LogP contribution is 2.30. The van der Waals surface area contributed by atoms with Crippen molar-refractivity contribution < 1.29 is 0 Å². The van der Waals surface area contributed by atoms with Gasteiger partial charge in [-0.05, 0) is 49.3 Å². The smallest absolute Gasteiger partial charge is 0.329 e. The lowest BCUT2D eigenvalue weighted by atomic mass is 10.0. The Labute approximate surface area is 207 Å². The number of hydrogen-bond donors (Lipinski definition) is 1. The van der Waals surface area contributed by atoms with Crippen molar-refractivity contribution in [1.29, 1.82) is 0 Å². The molecule has 0 unspecified atom stereocenters. The molecule has 1 fully saturated rings. The number of likely N-dealkylation sites (tertiary alicyclic amines) is 1. The van der Waals surface area contributed by atoms with Crippen LogP contribution in [0.3, 0.4) is 0 Å². The summed E-state index contributed by atoms with van der Waals surface area (Å²) >= 11 is 1.57. The van der Waals surface area contributed by atoms with Crippen LogP contribution >= 0.6 is 11.8 Å². The van der Waals surface area contributed by atoms with Crippen molar-refractivity contribution in [3.8, 4) is 11.3 Å². The molecule has 180 valence electrons. The average Bonchev–Trinajstić information content (AvgIpc) is 2.88. The summed E-state index contributed by atoms with van der Waals surface area (Å²) in [6.45, 7) is 10.1. The highest BCUT2D eigenvalue weighted by Gasteiger charge is 2.26. The van der Waals surface area contributed by atoms with Crippen molar-refractivity contribution >= 4 is 33.7 Å². The zero-order chi connectivity index (χ0) is 24.7. The first kappa shape index (κ1) is 23.3. The summed E-state index contributed by atoms with van der Waals surface area (Å²) < 4.78 is 1.72. The molecule has 0 spiro atoms. The van der Waals surface area contributed by atoms with E-state index < -0.39 is 11.2 Å². The first-order valence-electron chi connectivity index (χ1n) is 11.8. The van der Waals surface area contributed by atoms with E-state index in [2.05, 4.69) is 40.3 Å². The number of piperidine rings is 1. The Morgan fingerprint density at radius 1 is 1.11 bits per heavy atom. The van der Waals surface area contributed by atoms with E-state index in [1.54, 1.807) is 28.7 Å². The normalized spacial score (nSPS) is 14.8. The van der Waals surface area contributed by atoms with Gasteiger partial charge in [0, 0.05) is 42.8 Å². The van der Waals surface area contributed by atoms with Crippen LogP contribution in [0.5, 0.6) is 0 Å². The van der Waals surface area contributed by atoms with Crippen LogP contribution in [-0.2, 0) is 0 Å². The van der Waals surface area contributed by atoms with Crippen molar-refractivity contribution in [2.24, 2.45) is 5.92 Å². The second-order valence-electron chi connectivity index (χ2n) is 9.17. The van der Waals surface area contributed by atoms with Gasteiger partial charge in [0.2, 0.25) is 0 Å². The minimum atomic E-state index is -0.445. The van der Waals surface area contributed by atoms with E-state index in [0.29, 0.717) is 33.5 Å². The fourth-order valence-electron chi connectivity index (χ4n) is 4.73. The second kappa shape index (κ2) is 9.30. The van der Waals surface area contributed by atoms with E-state index in [9.17, 15) is 9.59 Å². The summed E-state index contributed by atoms with van der Waals surface area (Å²) in [6.07, 6.45) is 6.86. The van der Waals surface area contributed by atoms with Crippen LogP contribution < -0.4 is 11.2 Å². The lowest BCUT2D eigenvalue weighted by molar-refractivity contribution is 0.214. The van der Waals surface area contributed by atoms with E-state index in [1.807, 2.05) is 30.5 Å². The molecule has 1 aliphatic rings. The van der Waals surface area contributed by atoms with Gasteiger partial charge in [0.15, 0.2) is 0 Å². The number of hydrogen-bond acceptors (Lipinski definition) is 7. The van der Waals surface area contributed by atoms with Gasteiger partial charge in [-0.3, -0.25) is 19.3 Å². The Morgan fingerprint density at radius 3 is 2.54 bits per heavy atom. The number of pyridine rings is 3. The van der Waals surface area contributed by atoms with Gasteiger partial charge >= 0.3 is 5.69 Å². The fraction of sp³-hybridized carbons (Fsp3) is 0.346. The lowest BCUT2D eigenvalue weighted by Gasteiger charge is -2.37. The van der Waals surface area contributed by atoms with Crippen LogP contribution in [-0.4, -0.2) is 48.7 Å². The maximum Gasteiger partial charge on any atom is 0.329 e. The summed E-state index contributed by atoms with van der Waals surface area (Å²) in [5, 5.41) is 1.29. The molecule has 0 saturated carbocycles. The number of allylic oxidation sites excluding steroid dienone is 1. The molecule has 0 aliphatic carbocycles. The maximum atomic E-state index is 13.2. The molecule has 0 radical (unpaired) electrons. The van der Waals surface area contributed by atoms with Crippen molar-refractivity contribution in [2.45, 2.75) is 37.8 Å². The van der Waals surface area contributed by atoms with Crippen LogP contribution in [0.4, 0.5) is 0 Å². The minimum absolute atomic E-state index is 0.0587. The SMILES string of the molecule is C=C(C(C)C)N1CCC(n2c(=O)[nH]c(=O)c3cnc4ccc(-c5ccc(SC)nc5)nc4c32)CC1. The largest absolute Gasteiger partial charge is 0.375 e. The molecule has 4 aromatic heterocycles. The van der Waals surface area contributed by atoms with Gasteiger partial charge in [0.1, 0.15) is 5.52 Å². The van der Waals surface area contributed by atoms with E-state index in [0.717, 1.165) is 42.2 Å². The molecule has 4 aromatic rings. The van der Waals surface area contributed by atoms with Gasteiger partial charge in [-0.15, -0.1) is 11.8 Å². The molecule has 0 atom stereocenters. The van der Waals surface area contributed by atoms with Crippen LogP contribution in [0.15, 0.2) is 63.6 Å². The quantitative estimate of drug-likeness (QED) is 0.332. The van der Waals surface area contributed by atoms with Gasteiger partial charge in [-0.2, -0.15) is 0 Å². The summed E-state index contributed by atoms with van der Waals surface area (Å²) in [7, 11) is 0. The van der Waals surface area contributed by atoms with Gasteiger partial charge < -0.3 is 4.90 Å². The molecule has 0 bridgehead atoms. The third-order valence-corrected chi connectivity index (χ3v) is 7.41. The lowest BCUT2D eigenvalue weighted by Crippen LogP contribution is -2.40. The van der Waals surface area contributed by atoms with Crippen molar-refractivity contribution in [3.63, 3.8) is 0 Å². The summed E-state index contributed by atoms with van der Waals surface area (Å²) in [4.78, 5) is 44.5. The van der Waals surface area contributed by atoms with Crippen molar-refractivity contribution in [1.82, 2.24) is 29.4 Å². The van der Waals surface area contributed by atoms with E-state index in [-0.39, 0.29) is 6.04 Å². The monoisotopic (exact) mass is 488 g/mol. The van der Waals surface area contributed by atoms with E-state index >= 15 is 0 Å². The highest BCUT2D eigenvalue weighted by molar-refractivity contribution is 7.98. The van der Waals surface area contributed by atoms with E-state index in [1.165, 1.54) is 0 Å². The number of nitrogens with zero attached hydrogens (tertiary/aromatic N) is 5. The van der Waals surface area contributed by atoms with Gasteiger partial charge in [-0.1, -0.05) is 20.4 Å². The molecule has 1 saturated heterocycles. The maximum absolute atomic E-state index is 13.2. The Kier molecular flexibility index (Phi) is 6.19. The number of thioether (sulfide) groups is 1. The molecular weight excluding hydrogens is 460 g/mol. The molecule has 9 heteroatoms. The number of H-pyrrole nitrogens is 1. The zero-order valence-corrected chi connectivity index (χ0v) is 20.9. The fourth-order valence-corrected chi connectivity index (χ4v) is 5.09. The second-order valence-corrected chi connectivity index (χ2v) is 9.99. The highest BCUT2D eigenvalue weighted by atomic mass is 32.2. The summed E-state index contributed by atoms with van der Waals surface area (Å²) in [5.74, 6) is 0.375.